The molecule has 134 valence electrons. The molecule has 1 heterocycles. The lowest BCUT2D eigenvalue weighted by Crippen LogP contribution is -2.32. The summed E-state index contributed by atoms with van der Waals surface area (Å²) in [6.45, 7) is 3.72. The van der Waals surface area contributed by atoms with Crippen LogP contribution in [0.5, 0.6) is 0 Å². The average molecular weight is 363 g/mol. The molecule has 1 aromatic carbocycles. The molecule has 2 aromatic rings. The summed E-state index contributed by atoms with van der Waals surface area (Å²) in [4.78, 5) is 24.7. The van der Waals surface area contributed by atoms with Crippen molar-refractivity contribution in [3.8, 4) is 0 Å². The van der Waals surface area contributed by atoms with Crippen molar-refractivity contribution in [1.29, 1.82) is 0 Å². The van der Waals surface area contributed by atoms with Crippen LogP contribution in [0.1, 0.15) is 43.2 Å². The van der Waals surface area contributed by atoms with Gasteiger partial charge in [-0.1, -0.05) is 32.0 Å². The van der Waals surface area contributed by atoms with E-state index in [0.717, 1.165) is 16.9 Å². The summed E-state index contributed by atoms with van der Waals surface area (Å²) < 4.78 is 18.2. The third-order valence-corrected chi connectivity index (χ3v) is 4.56. The van der Waals surface area contributed by atoms with Crippen LogP contribution >= 0.6 is 11.3 Å². The Morgan fingerprint density at radius 2 is 1.92 bits per heavy atom. The number of rotatable bonds is 8. The molecule has 0 spiro atoms. The van der Waals surface area contributed by atoms with Gasteiger partial charge in [0.15, 0.2) is 6.61 Å². The van der Waals surface area contributed by atoms with Crippen LogP contribution in [-0.2, 0) is 14.3 Å². The number of nitrogens with one attached hydrogen (secondary N) is 1. The first-order valence-electron chi connectivity index (χ1n) is 8.19. The van der Waals surface area contributed by atoms with E-state index in [4.69, 9.17) is 4.74 Å². The Hall–Kier alpha value is -2.21. The van der Waals surface area contributed by atoms with Gasteiger partial charge in [-0.05, 0) is 41.5 Å². The first kappa shape index (κ1) is 19.1. The Labute approximate surface area is 151 Å². The molecule has 4 nitrogen and oxygen atoms in total. The molecular formula is C19H22FNO3S. The van der Waals surface area contributed by atoms with Gasteiger partial charge in [-0.2, -0.15) is 0 Å². The van der Waals surface area contributed by atoms with Crippen LogP contribution in [0, 0.1) is 11.7 Å². The van der Waals surface area contributed by atoms with Crippen molar-refractivity contribution in [2.24, 2.45) is 5.92 Å². The molecule has 0 unspecified atom stereocenters. The molecule has 1 N–H and O–H groups in total. The molecule has 0 fully saturated rings. The van der Waals surface area contributed by atoms with Crippen LogP contribution in [0.4, 0.5) is 4.39 Å². The molecule has 0 radical (unpaired) electrons. The van der Waals surface area contributed by atoms with Crippen molar-refractivity contribution in [3.63, 3.8) is 0 Å². The van der Waals surface area contributed by atoms with Gasteiger partial charge < -0.3 is 10.1 Å². The average Bonchev–Trinajstić information content (AvgIpc) is 3.11. The van der Waals surface area contributed by atoms with E-state index in [1.54, 1.807) is 12.1 Å². The van der Waals surface area contributed by atoms with Crippen molar-refractivity contribution in [2.45, 2.75) is 32.7 Å². The van der Waals surface area contributed by atoms with Crippen molar-refractivity contribution in [2.75, 3.05) is 6.61 Å². The fraction of sp³-hybridized carbons (Fsp3) is 0.368. The zero-order valence-electron chi connectivity index (χ0n) is 14.3. The second-order valence-electron chi connectivity index (χ2n) is 6.16. The number of esters is 1. The number of carbonyl (C=O) groups is 2. The Morgan fingerprint density at radius 3 is 2.52 bits per heavy atom. The molecule has 0 aliphatic carbocycles. The van der Waals surface area contributed by atoms with Gasteiger partial charge in [0.2, 0.25) is 0 Å². The third-order valence-electron chi connectivity index (χ3n) is 3.63. The summed E-state index contributed by atoms with van der Waals surface area (Å²) in [7, 11) is 0. The topological polar surface area (TPSA) is 55.4 Å². The van der Waals surface area contributed by atoms with Crippen LogP contribution in [0.15, 0.2) is 41.8 Å². The third kappa shape index (κ3) is 6.31. The Kier molecular flexibility index (Phi) is 7.13. The van der Waals surface area contributed by atoms with Crippen molar-refractivity contribution >= 4 is 23.2 Å². The highest BCUT2D eigenvalue weighted by Gasteiger charge is 2.19. The minimum atomic E-state index is -0.400. The highest BCUT2D eigenvalue weighted by molar-refractivity contribution is 7.10. The number of hydrogen-bond acceptors (Lipinski definition) is 4. The number of halogens is 1. The number of carbonyl (C=O) groups excluding carboxylic acids is 2. The molecule has 1 amide bonds. The predicted molar refractivity (Wildman–Crippen MR) is 95.7 cm³/mol. The zero-order chi connectivity index (χ0) is 18.2. The van der Waals surface area contributed by atoms with Crippen LogP contribution < -0.4 is 5.32 Å². The van der Waals surface area contributed by atoms with E-state index in [2.05, 4.69) is 5.32 Å². The van der Waals surface area contributed by atoms with Crippen molar-refractivity contribution in [3.05, 3.63) is 58.0 Å². The Balaban J connectivity index is 1.96. The van der Waals surface area contributed by atoms with Crippen LogP contribution in [0.25, 0.3) is 0 Å². The van der Waals surface area contributed by atoms with Gasteiger partial charge in [0.25, 0.3) is 5.91 Å². The van der Waals surface area contributed by atoms with E-state index < -0.39 is 6.04 Å². The highest BCUT2D eigenvalue weighted by atomic mass is 32.1. The summed E-state index contributed by atoms with van der Waals surface area (Å²) in [6.07, 6.45) is 1.03. The van der Waals surface area contributed by atoms with Gasteiger partial charge in [0, 0.05) is 11.3 Å². The standard InChI is InChI=1S/C19H22FNO3S/c1-13(2)5-10-18(23)24-12-17(22)21-19(16-4-3-11-25-16)14-6-8-15(20)9-7-14/h3-4,6-9,11,13,19H,5,10,12H2,1-2H3,(H,21,22)/t19-/m1/s1. The summed E-state index contributed by atoms with van der Waals surface area (Å²) in [6, 6.07) is 9.36. The lowest BCUT2D eigenvalue weighted by Gasteiger charge is -2.18. The molecule has 0 aliphatic rings. The molecule has 2 rings (SSSR count). The summed E-state index contributed by atoms with van der Waals surface area (Å²) in [5.74, 6) is -0.693. The number of benzene rings is 1. The fourth-order valence-corrected chi connectivity index (χ4v) is 3.06. The molecule has 1 atom stereocenters. The lowest BCUT2D eigenvalue weighted by molar-refractivity contribution is -0.148. The van der Waals surface area contributed by atoms with Crippen LogP contribution in [0.3, 0.4) is 0 Å². The monoisotopic (exact) mass is 363 g/mol. The largest absolute Gasteiger partial charge is 0.456 e. The quantitative estimate of drug-likeness (QED) is 0.719. The molecule has 0 saturated heterocycles. The summed E-state index contributed by atoms with van der Waals surface area (Å²) in [5, 5.41) is 4.75. The van der Waals surface area contributed by atoms with Gasteiger partial charge >= 0.3 is 5.97 Å². The van der Waals surface area contributed by atoms with E-state index >= 15 is 0 Å². The highest BCUT2D eigenvalue weighted by Crippen LogP contribution is 2.26. The van der Waals surface area contributed by atoms with Gasteiger partial charge in [-0.15, -0.1) is 11.3 Å². The maximum Gasteiger partial charge on any atom is 0.306 e. The van der Waals surface area contributed by atoms with Crippen molar-refractivity contribution in [1.82, 2.24) is 5.32 Å². The van der Waals surface area contributed by atoms with Crippen LogP contribution in [0.2, 0.25) is 0 Å². The molecule has 0 bridgehead atoms. The van der Waals surface area contributed by atoms with E-state index in [1.807, 2.05) is 31.4 Å². The van der Waals surface area contributed by atoms with Gasteiger partial charge in [0.1, 0.15) is 5.82 Å². The Bertz CT molecular complexity index is 683. The molecule has 6 heteroatoms. The maximum absolute atomic E-state index is 13.2. The maximum atomic E-state index is 13.2. The SMILES string of the molecule is CC(C)CCC(=O)OCC(=O)N[C@H](c1ccc(F)cc1)c1cccs1. The van der Waals surface area contributed by atoms with Crippen molar-refractivity contribution < 1.29 is 18.7 Å². The van der Waals surface area contributed by atoms with E-state index in [0.29, 0.717) is 12.3 Å². The summed E-state index contributed by atoms with van der Waals surface area (Å²) >= 11 is 1.49. The second kappa shape index (κ2) is 9.32. The molecule has 25 heavy (non-hydrogen) atoms. The van der Waals surface area contributed by atoms with Gasteiger partial charge in [-0.25, -0.2) is 4.39 Å². The summed E-state index contributed by atoms with van der Waals surface area (Å²) in [5.41, 5.74) is 0.767. The normalized spacial score (nSPS) is 12.0. The number of amides is 1. The molecule has 0 aliphatic heterocycles. The molecule has 1 aromatic heterocycles. The number of hydrogen-bond donors (Lipinski definition) is 1. The lowest BCUT2D eigenvalue weighted by atomic mass is 10.1. The smallest absolute Gasteiger partial charge is 0.306 e. The van der Waals surface area contributed by atoms with E-state index in [9.17, 15) is 14.0 Å². The van der Waals surface area contributed by atoms with E-state index in [-0.39, 0.29) is 24.3 Å². The predicted octanol–water partition coefficient (Wildman–Crippen LogP) is 4.07. The Morgan fingerprint density at radius 1 is 1.20 bits per heavy atom. The van der Waals surface area contributed by atoms with Crippen LogP contribution in [-0.4, -0.2) is 18.5 Å². The zero-order valence-corrected chi connectivity index (χ0v) is 15.1. The second-order valence-corrected chi connectivity index (χ2v) is 7.14. The number of ether oxygens (including phenoxy) is 1. The van der Waals surface area contributed by atoms with Gasteiger partial charge in [-0.3, -0.25) is 9.59 Å². The van der Waals surface area contributed by atoms with E-state index in [1.165, 1.54) is 23.5 Å². The fourth-order valence-electron chi connectivity index (χ4n) is 2.26. The molecule has 0 saturated carbocycles. The minimum absolute atomic E-state index is 0.303. The first-order valence-corrected chi connectivity index (χ1v) is 9.07. The molecular weight excluding hydrogens is 341 g/mol. The first-order chi connectivity index (χ1) is 12.0. The van der Waals surface area contributed by atoms with Gasteiger partial charge in [0.05, 0.1) is 6.04 Å². The number of thiophene rings is 1. The minimum Gasteiger partial charge on any atom is -0.456 e.